The van der Waals surface area contributed by atoms with Crippen molar-refractivity contribution < 1.29 is 19.8 Å². The van der Waals surface area contributed by atoms with Gasteiger partial charge in [-0.3, -0.25) is 14.9 Å². The molecule has 6 nitrogen and oxygen atoms in total. The van der Waals surface area contributed by atoms with E-state index in [0.29, 0.717) is 5.75 Å². The standard InChI is InChI=1S/C5H9NO2.C4H7NO2S/c7-5(8)4-2-1-3-6-4;6-4(7)3-1-8-2-5-3/h4,6H,1-3H2,(H,7,8);3,5H,1-2H2,(H,6,7)/t4-;/m0./s1. The lowest BCUT2D eigenvalue weighted by Crippen LogP contribution is -2.32. The number of carboxylic acids is 2. The largest absolute Gasteiger partial charge is 0.480 e. The van der Waals surface area contributed by atoms with E-state index in [-0.39, 0.29) is 12.1 Å². The molecule has 7 heteroatoms. The average Bonchev–Trinajstić information content (AvgIpc) is 2.93. The van der Waals surface area contributed by atoms with Gasteiger partial charge in [-0.1, -0.05) is 0 Å². The molecule has 0 bridgehead atoms. The zero-order valence-electron chi connectivity index (χ0n) is 8.81. The summed E-state index contributed by atoms with van der Waals surface area (Å²) in [5.74, 6) is 0.0178. The first kappa shape index (κ1) is 13.3. The first-order valence-corrected chi connectivity index (χ1v) is 6.27. The topological polar surface area (TPSA) is 98.7 Å². The van der Waals surface area contributed by atoms with Crippen molar-refractivity contribution in [3.63, 3.8) is 0 Å². The summed E-state index contributed by atoms with van der Waals surface area (Å²) in [6.45, 7) is 0.858. The van der Waals surface area contributed by atoms with E-state index in [9.17, 15) is 9.59 Å². The third-order valence-corrected chi connectivity index (χ3v) is 3.31. The van der Waals surface area contributed by atoms with E-state index in [1.807, 2.05) is 0 Å². The Hall–Kier alpha value is -0.790. The SMILES string of the molecule is O=C(O)C1CSCN1.O=C(O)[C@@H]1CCCN1. The van der Waals surface area contributed by atoms with Crippen molar-refractivity contribution in [2.45, 2.75) is 24.9 Å². The summed E-state index contributed by atoms with van der Waals surface area (Å²) < 4.78 is 0. The quantitative estimate of drug-likeness (QED) is 0.525. The number of carboxylic acid groups (broad SMARTS) is 2. The summed E-state index contributed by atoms with van der Waals surface area (Å²) in [5, 5.41) is 22.4. The van der Waals surface area contributed by atoms with Crippen molar-refractivity contribution in [2.24, 2.45) is 0 Å². The molecule has 2 atom stereocenters. The molecule has 2 rings (SSSR count). The van der Waals surface area contributed by atoms with Crippen LogP contribution >= 0.6 is 11.8 Å². The van der Waals surface area contributed by atoms with Crippen molar-refractivity contribution in [1.29, 1.82) is 0 Å². The second-order valence-electron chi connectivity index (χ2n) is 3.60. The molecular weight excluding hydrogens is 232 g/mol. The minimum absolute atomic E-state index is 0.269. The molecule has 0 aromatic carbocycles. The van der Waals surface area contributed by atoms with Crippen LogP contribution in [0, 0.1) is 0 Å². The normalized spacial score (nSPS) is 28.2. The van der Waals surface area contributed by atoms with Gasteiger partial charge in [-0.05, 0) is 19.4 Å². The molecule has 0 aromatic rings. The van der Waals surface area contributed by atoms with Crippen molar-refractivity contribution >= 4 is 23.7 Å². The molecule has 2 aliphatic heterocycles. The fourth-order valence-corrected chi connectivity index (χ4v) is 2.38. The number of aliphatic carboxylic acids is 2. The molecule has 0 aromatic heterocycles. The Kier molecular flexibility index (Phi) is 5.58. The lowest BCUT2D eigenvalue weighted by molar-refractivity contribution is -0.139. The van der Waals surface area contributed by atoms with Crippen LogP contribution in [0.25, 0.3) is 0 Å². The van der Waals surface area contributed by atoms with Crippen molar-refractivity contribution in [2.75, 3.05) is 18.2 Å². The first-order valence-electron chi connectivity index (χ1n) is 5.11. The van der Waals surface area contributed by atoms with Gasteiger partial charge < -0.3 is 15.5 Å². The van der Waals surface area contributed by atoms with Crippen LogP contribution in [0.3, 0.4) is 0 Å². The van der Waals surface area contributed by atoms with E-state index in [1.165, 1.54) is 0 Å². The summed E-state index contributed by atoms with van der Waals surface area (Å²) in [7, 11) is 0. The smallest absolute Gasteiger partial charge is 0.321 e. The molecule has 16 heavy (non-hydrogen) atoms. The maximum Gasteiger partial charge on any atom is 0.321 e. The van der Waals surface area contributed by atoms with Crippen LogP contribution in [-0.4, -0.2) is 52.4 Å². The van der Waals surface area contributed by atoms with Crippen LogP contribution in [-0.2, 0) is 9.59 Å². The minimum atomic E-state index is -0.741. The van der Waals surface area contributed by atoms with E-state index in [1.54, 1.807) is 11.8 Å². The molecule has 1 unspecified atom stereocenters. The molecule has 92 valence electrons. The maximum atomic E-state index is 10.1. The Morgan fingerprint density at radius 3 is 2.06 bits per heavy atom. The van der Waals surface area contributed by atoms with Gasteiger partial charge in [-0.25, -0.2) is 0 Å². The molecule has 0 saturated carbocycles. The highest BCUT2D eigenvalue weighted by molar-refractivity contribution is 7.99. The molecule has 2 aliphatic rings. The summed E-state index contributed by atoms with van der Waals surface area (Å²) in [6.07, 6.45) is 1.78. The van der Waals surface area contributed by atoms with Crippen LogP contribution in [0.2, 0.25) is 0 Å². The van der Waals surface area contributed by atoms with Gasteiger partial charge in [0.05, 0.1) is 0 Å². The van der Waals surface area contributed by atoms with Gasteiger partial charge in [0.2, 0.25) is 0 Å². The fraction of sp³-hybridized carbons (Fsp3) is 0.778. The van der Waals surface area contributed by atoms with Gasteiger partial charge >= 0.3 is 11.9 Å². The minimum Gasteiger partial charge on any atom is -0.480 e. The van der Waals surface area contributed by atoms with Gasteiger partial charge in [0.1, 0.15) is 12.1 Å². The third-order valence-electron chi connectivity index (χ3n) is 2.37. The lowest BCUT2D eigenvalue weighted by atomic mass is 10.2. The van der Waals surface area contributed by atoms with E-state index in [2.05, 4.69) is 10.6 Å². The molecule has 0 aliphatic carbocycles. The zero-order chi connectivity index (χ0) is 12.0. The lowest BCUT2D eigenvalue weighted by Gasteiger charge is -1.99. The van der Waals surface area contributed by atoms with Crippen LogP contribution in [0.4, 0.5) is 0 Å². The molecule has 2 saturated heterocycles. The molecule has 0 amide bonds. The predicted molar refractivity (Wildman–Crippen MR) is 60.5 cm³/mol. The number of nitrogens with one attached hydrogen (secondary N) is 2. The Balaban J connectivity index is 0.000000160. The molecule has 2 heterocycles. The van der Waals surface area contributed by atoms with Crippen molar-refractivity contribution in [3.05, 3.63) is 0 Å². The highest BCUT2D eigenvalue weighted by Crippen LogP contribution is 2.08. The number of carbonyl (C=O) groups is 2. The molecule has 0 radical (unpaired) electrons. The fourth-order valence-electron chi connectivity index (χ4n) is 1.45. The highest BCUT2D eigenvalue weighted by atomic mass is 32.2. The Labute approximate surface area is 97.8 Å². The molecule has 4 N–H and O–H groups in total. The number of rotatable bonds is 2. The maximum absolute atomic E-state index is 10.1. The van der Waals surface area contributed by atoms with E-state index in [4.69, 9.17) is 10.2 Å². The highest BCUT2D eigenvalue weighted by Gasteiger charge is 2.21. The molecule has 2 fully saturated rings. The van der Waals surface area contributed by atoms with Crippen molar-refractivity contribution in [1.82, 2.24) is 10.6 Å². The third kappa shape index (κ3) is 4.38. The van der Waals surface area contributed by atoms with Gasteiger partial charge in [-0.2, -0.15) is 0 Å². The number of hydrogen-bond acceptors (Lipinski definition) is 5. The average molecular weight is 248 g/mol. The molecular formula is C9H16N2O4S. The second kappa shape index (κ2) is 6.72. The van der Waals surface area contributed by atoms with E-state index < -0.39 is 11.9 Å². The van der Waals surface area contributed by atoms with Gasteiger partial charge in [0.25, 0.3) is 0 Å². The predicted octanol–water partition coefficient (Wildman–Crippen LogP) is -0.443. The Morgan fingerprint density at radius 2 is 1.81 bits per heavy atom. The van der Waals surface area contributed by atoms with Crippen LogP contribution < -0.4 is 10.6 Å². The van der Waals surface area contributed by atoms with Gasteiger partial charge in [0.15, 0.2) is 0 Å². The summed E-state index contributed by atoms with van der Waals surface area (Å²) >= 11 is 1.62. The second-order valence-corrected chi connectivity index (χ2v) is 4.63. The summed E-state index contributed by atoms with van der Waals surface area (Å²) in [5.41, 5.74) is 0. The van der Waals surface area contributed by atoms with E-state index in [0.717, 1.165) is 25.3 Å². The molecule has 0 spiro atoms. The number of thioether (sulfide) groups is 1. The monoisotopic (exact) mass is 248 g/mol. The van der Waals surface area contributed by atoms with Crippen LogP contribution in [0.5, 0.6) is 0 Å². The van der Waals surface area contributed by atoms with Crippen LogP contribution in [0.15, 0.2) is 0 Å². The van der Waals surface area contributed by atoms with Crippen molar-refractivity contribution in [3.8, 4) is 0 Å². The zero-order valence-corrected chi connectivity index (χ0v) is 9.63. The summed E-state index contributed by atoms with van der Waals surface area (Å²) in [6, 6.07) is -0.574. The Bertz CT molecular complexity index is 224. The summed E-state index contributed by atoms with van der Waals surface area (Å²) in [4.78, 5) is 20.3. The van der Waals surface area contributed by atoms with Gasteiger partial charge in [-0.15, -0.1) is 11.8 Å². The van der Waals surface area contributed by atoms with Gasteiger partial charge in [0, 0.05) is 11.6 Å². The first-order chi connectivity index (χ1) is 7.61. The van der Waals surface area contributed by atoms with E-state index >= 15 is 0 Å². The number of hydrogen-bond donors (Lipinski definition) is 4. The van der Waals surface area contributed by atoms with Crippen LogP contribution in [0.1, 0.15) is 12.8 Å². The Morgan fingerprint density at radius 1 is 1.12 bits per heavy atom.